The lowest BCUT2D eigenvalue weighted by Gasteiger charge is -2.29. The average molecular weight is 386 g/mol. The molecule has 1 saturated carbocycles. The average Bonchev–Trinajstić information content (AvgIpc) is 2.64. The molecule has 0 amide bonds. The Bertz CT molecular complexity index is 710. The molecule has 2 aliphatic rings. The van der Waals surface area contributed by atoms with Crippen molar-refractivity contribution in [2.75, 3.05) is 6.54 Å². The van der Waals surface area contributed by atoms with E-state index in [4.69, 9.17) is 9.97 Å². The molecule has 0 N–H and O–H groups in total. The van der Waals surface area contributed by atoms with E-state index < -0.39 is 0 Å². The van der Waals surface area contributed by atoms with E-state index in [9.17, 15) is 0 Å². The molecule has 4 heteroatoms. The number of rotatable bonds is 3. The van der Waals surface area contributed by atoms with Gasteiger partial charge in [0.05, 0.1) is 0 Å². The highest BCUT2D eigenvalue weighted by atomic mass is 79.9. The molecule has 126 valence electrons. The number of hydrogen-bond acceptors (Lipinski definition) is 3. The summed E-state index contributed by atoms with van der Waals surface area (Å²) in [5, 5.41) is 0. The van der Waals surface area contributed by atoms with Crippen molar-refractivity contribution < 1.29 is 0 Å². The zero-order valence-electron chi connectivity index (χ0n) is 14.0. The van der Waals surface area contributed by atoms with Crippen LogP contribution in [0.5, 0.6) is 0 Å². The van der Waals surface area contributed by atoms with Gasteiger partial charge in [0.1, 0.15) is 5.82 Å². The molecule has 1 aromatic heterocycles. The molecule has 0 unspecified atom stereocenters. The van der Waals surface area contributed by atoms with Crippen molar-refractivity contribution in [2.24, 2.45) is 0 Å². The number of fused-ring (bicyclic) bond motifs is 1. The van der Waals surface area contributed by atoms with E-state index in [-0.39, 0.29) is 0 Å². The van der Waals surface area contributed by atoms with Crippen molar-refractivity contribution in [2.45, 2.75) is 57.5 Å². The van der Waals surface area contributed by atoms with Gasteiger partial charge in [0.25, 0.3) is 0 Å². The van der Waals surface area contributed by atoms with Crippen LogP contribution in [0.3, 0.4) is 0 Å². The minimum atomic E-state index is 0.599. The Balaban J connectivity index is 1.46. The molecule has 1 aliphatic carbocycles. The molecule has 0 radical (unpaired) electrons. The van der Waals surface area contributed by atoms with E-state index in [0.717, 1.165) is 31.9 Å². The minimum Gasteiger partial charge on any atom is -0.294 e. The van der Waals surface area contributed by atoms with Crippen molar-refractivity contribution in [1.29, 1.82) is 0 Å². The lowest BCUT2D eigenvalue weighted by molar-refractivity contribution is 0.241. The Morgan fingerprint density at radius 2 is 1.96 bits per heavy atom. The van der Waals surface area contributed by atoms with E-state index in [0.29, 0.717) is 5.92 Å². The van der Waals surface area contributed by atoms with Gasteiger partial charge in [0.2, 0.25) is 0 Å². The van der Waals surface area contributed by atoms with Crippen LogP contribution in [-0.4, -0.2) is 21.4 Å². The van der Waals surface area contributed by atoms with Crippen molar-refractivity contribution in [1.82, 2.24) is 14.9 Å². The van der Waals surface area contributed by atoms with E-state index in [2.05, 4.69) is 51.3 Å². The Hall–Kier alpha value is -1.26. The van der Waals surface area contributed by atoms with Crippen LogP contribution in [-0.2, 0) is 19.5 Å². The molecule has 0 atom stereocenters. The summed E-state index contributed by atoms with van der Waals surface area (Å²) in [4.78, 5) is 12.2. The van der Waals surface area contributed by atoms with Crippen LogP contribution < -0.4 is 0 Å². The molecule has 24 heavy (non-hydrogen) atoms. The summed E-state index contributed by atoms with van der Waals surface area (Å²) in [6.07, 6.45) is 9.74. The summed E-state index contributed by atoms with van der Waals surface area (Å²) in [7, 11) is 0. The monoisotopic (exact) mass is 385 g/mol. The molecule has 0 saturated heterocycles. The maximum absolute atomic E-state index is 4.95. The van der Waals surface area contributed by atoms with Crippen LogP contribution in [0.15, 0.2) is 34.9 Å². The van der Waals surface area contributed by atoms with Crippen LogP contribution >= 0.6 is 15.9 Å². The predicted molar refractivity (Wildman–Crippen MR) is 99.8 cm³/mol. The molecule has 1 aliphatic heterocycles. The minimum absolute atomic E-state index is 0.599. The Labute approximate surface area is 152 Å². The van der Waals surface area contributed by atoms with Gasteiger partial charge in [-0.2, -0.15) is 0 Å². The third kappa shape index (κ3) is 3.55. The highest BCUT2D eigenvalue weighted by Gasteiger charge is 2.22. The highest BCUT2D eigenvalue weighted by Crippen LogP contribution is 2.31. The Kier molecular flexibility index (Phi) is 4.95. The highest BCUT2D eigenvalue weighted by molar-refractivity contribution is 9.10. The third-order valence-corrected chi connectivity index (χ3v) is 6.13. The maximum Gasteiger partial charge on any atom is 0.131 e. The number of benzene rings is 1. The zero-order chi connectivity index (χ0) is 16.4. The summed E-state index contributed by atoms with van der Waals surface area (Å²) in [5.41, 5.74) is 3.95. The molecular weight excluding hydrogens is 362 g/mol. The third-order valence-electron chi connectivity index (χ3n) is 5.35. The molecule has 4 rings (SSSR count). The second-order valence-corrected chi connectivity index (χ2v) is 7.94. The molecule has 2 heterocycles. The largest absolute Gasteiger partial charge is 0.294 e. The van der Waals surface area contributed by atoms with Crippen LogP contribution in [0.25, 0.3) is 0 Å². The van der Waals surface area contributed by atoms with E-state index in [1.807, 2.05) is 0 Å². The van der Waals surface area contributed by atoms with Crippen LogP contribution in [0, 0.1) is 0 Å². The van der Waals surface area contributed by atoms with E-state index >= 15 is 0 Å². The predicted octanol–water partition coefficient (Wildman–Crippen LogP) is 4.85. The first-order valence-electron chi connectivity index (χ1n) is 9.10. The quantitative estimate of drug-likeness (QED) is 0.756. The number of hydrogen-bond donors (Lipinski definition) is 0. The van der Waals surface area contributed by atoms with E-state index in [1.54, 1.807) is 0 Å². The van der Waals surface area contributed by atoms with Crippen LogP contribution in [0.2, 0.25) is 0 Å². The zero-order valence-corrected chi connectivity index (χ0v) is 15.6. The van der Waals surface area contributed by atoms with Gasteiger partial charge in [-0.15, -0.1) is 0 Å². The SMILES string of the molecule is Brc1ccccc1CN1CCc2nc(C3CCCCC3)ncc2C1. The fourth-order valence-electron chi connectivity index (χ4n) is 3.95. The first kappa shape index (κ1) is 16.2. The van der Waals surface area contributed by atoms with Gasteiger partial charge >= 0.3 is 0 Å². The fourth-order valence-corrected chi connectivity index (χ4v) is 4.36. The molecule has 1 fully saturated rings. The summed E-state index contributed by atoms with van der Waals surface area (Å²) < 4.78 is 1.19. The normalized spacial score (nSPS) is 19.2. The molecular formula is C20H24BrN3. The summed E-state index contributed by atoms with van der Waals surface area (Å²) in [6, 6.07) is 8.49. The molecule has 2 aromatic rings. The second-order valence-electron chi connectivity index (χ2n) is 7.09. The Morgan fingerprint density at radius 3 is 2.79 bits per heavy atom. The molecule has 1 aromatic carbocycles. The lowest BCUT2D eigenvalue weighted by atomic mass is 9.88. The topological polar surface area (TPSA) is 29.0 Å². The van der Waals surface area contributed by atoms with Crippen molar-refractivity contribution in [3.05, 3.63) is 57.6 Å². The Morgan fingerprint density at radius 1 is 1.12 bits per heavy atom. The first-order chi connectivity index (χ1) is 11.8. The van der Waals surface area contributed by atoms with Crippen molar-refractivity contribution >= 4 is 15.9 Å². The summed E-state index contributed by atoms with van der Waals surface area (Å²) >= 11 is 3.66. The lowest BCUT2D eigenvalue weighted by Crippen LogP contribution is -2.31. The van der Waals surface area contributed by atoms with Gasteiger partial charge in [0.15, 0.2) is 0 Å². The summed E-state index contributed by atoms with van der Waals surface area (Å²) in [5.74, 6) is 1.70. The van der Waals surface area contributed by atoms with Crippen LogP contribution in [0.1, 0.15) is 60.7 Å². The smallest absolute Gasteiger partial charge is 0.131 e. The van der Waals surface area contributed by atoms with Gasteiger partial charge in [-0.25, -0.2) is 9.97 Å². The van der Waals surface area contributed by atoms with Gasteiger partial charge in [-0.05, 0) is 24.5 Å². The van der Waals surface area contributed by atoms with Gasteiger partial charge in [0, 0.05) is 53.9 Å². The fraction of sp³-hybridized carbons (Fsp3) is 0.500. The summed E-state index contributed by atoms with van der Waals surface area (Å²) in [6.45, 7) is 3.02. The van der Waals surface area contributed by atoms with Crippen molar-refractivity contribution in [3.8, 4) is 0 Å². The number of aromatic nitrogens is 2. The number of halogens is 1. The molecule has 0 bridgehead atoms. The van der Waals surface area contributed by atoms with E-state index in [1.165, 1.54) is 53.4 Å². The van der Waals surface area contributed by atoms with Crippen molar-refractivity contribution in [3.63, 3.8) is 0 Å². The maximum atomic E-state index is 4.95. The second kappa shape index (κ2) is 7.32. The molecule has 0 spiro atoms. The van der Waals surface area contributed by atoms with Gasteiger partial charge in [-0.3, -0.25) is 4.90 Å². The van der Waals surface area contributed by atoms with Crippen LogP contribution in [0.4, 0.5) is 0 Å². The number of nitrogens with zero attached hydrogens (tertiary/aromatic N) is 3. The first-order valence-corrected chi connectivity index (χ1v) is 9.89. The standard InChI is InChI=1S/C20H24BrN3/c21-18-9-5-4-8-16(18)13-24-11-10-19-17(14-24)12-22-20(23-19)15-6-2-1-3-7-15/h4-5,8-9,12,15H,1-3,6-7,10-11,13-14H2. The van der Waals surface area contributed by atoms with Gasteiger partial charge in [-0.1, -0.05) is 53.4 Å². The molecule has 3 nitrogen and oxygen atoms in total. The van der Waals surface area contributed by atoms with Gasteiger partial charge < -0.3 is 0 Å².